The molecule has 0 bridgehead atoms. The smallest absolute Gasteiger partial charge is 0.410 e. The van der Waals surface area contributed by atoms with Gasteiger partial charge in [0, 0.05) is 68.4 Å². The van der Waals surface area contributed by atoms with Crippen molar-refractivity contribution in [2.45, 2.75) is 135 Å². The van der Waals surface area contributed by atoms with Crippen LogP contribution in [0.25, 0.3) is 0 Å². The maximum Gasteiger partial charge on any atom is 0.410 e. The Morgan fingerprint density at radius 1 is 0.767 bits per heavy atom. The van der Waals surface area contributed by atoms with Gasteiger partial charge in [0.15, 0.2) is 5.75 Å². The second-order valence-electron chi connectivity index (χ2n) is 18.9. The predicted octanol–water partition coefficient (Wildman–Crippen LogP) is 10.4. The third kappa shape index (κ3) is 11.1. The SMILES string of the molecule is Cc1cc(Cl)c(O[C@H]2CCN(c3ccc(C4CCN(C(=O)OC(C)(C)C)CC4C(=O)N(Cc4cc(CN(C(=O)OC(C)(C)C)C5CC5)ccc4Cl)C4CC4)cn3)C2)c(Cl)c1. The molecular weight excluding hydrogens is 825 g/mol. The third-order valence-corrected chi connectivity index (χ3v) is 12.3. The number of carbonyl (C=O) groups is 3. The van der Waals surface area contributed by atoms with Crippen LogP contribution in [0, 0.1) is 12.8 Å². The third-order valence-electron chi connectivity index (χ3n) is 11.4. The number of nitrogens with zero attached hydrogens (tertiary/aromatic N) is 5. The van der Waals surface area contributed by atoms with Crippen LogP contribution in [0.15, 0.2) is 48.7 Å². The maximum atomic E-state index is 15.0. The van der Waals surface area contributed by atoms with Crippen LogP contribution >= 0.6 is 34.8 Å². The van der Waals surface area contributed by atoms with E-state index in [9.17, 15) is 9.59 Å². The van der Waals surface area contributed by atoms with Gasteiger partial charge in [-0.25, -0.2) is 14.6 Å². The molecule has 2 saturated heterocycles. The van der Waals surface area contributed by atoms with Crippen molar-refractivity contribution in [3.63, 3.8) is 0 Å². The average Bonchev–Trinajstić information content (AvgIpc) is 4.12. The molecule has 3 atom stereocenters. The summed E-state index contributed by atoms with van der Waals surface area (Å²) in [6.45, 7) is 15.9. The molecular formula is C46H58Cl3N5O6. The first-order chi connectivity index (χ1) is 28.3. The second kappa shape index (κ2) is 17.8. The van der Waals surface area contributed by atoms with Gasteiger partial charge >= 0.3 is 12.2 Å². The monoisotopic (exact) mass is 881 g/mol. The Hall–Kier alpha value is -3.93. The quantitative estimate of drug-likeness (QED) is 0.188. The summed E-state index contributed by atoms with van der Waals surface area (Å²) in [5.74, 6) is 0.583. The summed E-state index contributed by atoms with van der Waals surface area (Å²) >= 11 is 19.8. The van der Waals surface area contributed by atoms with Crippen LogP contribution in [0.1, 0.15) is 108 Å². The molecule has 3 amide bonds. The van der Waals surface area contributed by atoms with E-state index < -0.39 is 23.2 Å². The second-order valence-corrected chi connectivity index (χ2v) is 20.1. The topological polar surface area (TPSA) is 105 Å². The van der Waals surface area contributed by atoms with Gasteiger partial charge < -0.3 is 33.8 Å². The van der Waals surface area contributed by atoms with E-state index in [4.69, 9.17) is 54.0 Å². The number of benzene rings is 2. The lowest BCUT2D eigenvalue weighted by Gasteiger charge is -2.40. The van der Waals surface area contributed by atoms with Gasteiger partial charge in [0.1, 0.15) is 23.1 Å². The summed E-state index contributed by atoms with van der Waals surface area (Å²) in [4.78, 5) is 54.2. The number of hydrogen-bond acceptors (Lipinski definition) is 8. The molecule has 4 fully saturated rings. The molecule has 60 heavy (non-hydrogen) atoms. The molecule has 0 spiro atoms. The largest absolute Gasteiger partial charge is 0.485 e. The van der Waals surface area contributed by atoms with Crippen molar-refractivity contribution >= 4 is 58.7 Å². The van der Waals surface area contributed by atoms with Gasteiger partial charge in [-0.2, -0.15) is 0 Å². The number of likely N-dealkylation sites (tertiary alicyclic amines) is 1. The summed E-state index contributed by atoms with van der Waals surface area (Å²) in [6, 6.07) is 13.8. The Morgan fingerprint density at radius 2 is 1.43 bits per heavy atom. The molecule has 2 aromatic carbocycles. The van der Waals surface area contributed by atoms with Gasteiger partial charge in [-0.3, -0.25) is 4.79 Å². The van der Waals surface area contributed by atoms with Crippen molar-refractivity contribution in [2.24, 2.45) is 5.92 Å². The number of anilines is 1. The molecule has 2 unspecified atom stereocenters. The fourth-order valence-electron chi connectivity index (χ4n) is 8.16. The number of aromatic nitrogens is 1. The number of aryl methyl sites for hydroxylation is 1. The molecule has 2 aliphatic heterocycles. The molecule has 3 aromatic rings. The number of piperidine rings is 1. The molecule has 2 saturated carbocycles. The minimum Gasteiger partial charge on any atom is -0.485 e. The van der Waals surface area contributed by atoms with Gasteiger partial charge in [0.05, 0.1) is 22.5 Å². The van der Waals surface area contributed by atoms with E-state index >= 15 is 4.79 Å². The lowest BCUT2D eigenvalue weighted by molar-refractivity contribution is -0.139. The van der Waals surface area contributed by atoms with Gasteiger partial charge in [-0.1, -0.05) is 53.0 Å². The standard InChI is InChI=1S/C46H58Cl3N5O6/c1-28-20-38(48)41(39(49)21-28)58-34-16-18-51(26-34)40-15-9-30(23-50-40)35-17-19-52(43(56)59-45(2,3)4)27-36(35)42(55)53(32-10-11-32)25-31-22-29(8-14-37(31)47)24-54(33-12-13-33)44(57)60-46(5,6)7/h8-9,14-15,20-23,32-36H,10-13,16-19,24-27H2,1-7H3/t34-,35?,36?/m0/s1. The van der Waals surface area contributed by atoms with E-state index in [1.807, 2.05) is 96.0 Å². The zero-order chi connectivity index (χ0) is 43.1. The highest BCUT2D eigenvalue weighted by molar-refractivity contribution is 6.37. The number of pyridine rings is 1. The molecule has 3 heterocycles. The van der Waals surface area contributed by atoms with Gasteiger partial charge in [-0.15, -0.1) is 0 Å². The lowest BCUT2D eigenvalue weighted by atomic mass is 9.80. The van der Waals surface area contributed by atoms with E-state index in [1.165, 1.54) is 0 Å². The van der Waals surface area contributed by atoms with Crippen LogP contribution < -0.4 is 9.64 Å². The first kappa shape index (κ1) is 44.1. The van der Waals surface area contributed by atoms with E-state index in [1.54, 1.807) is 9.80 Å². The highest BCUT2D eigenvalue weighted by atomic mass is 35.5. The van der Waals surface area contributed by atoms with Crippen LogP contribution in [-0.4, -0.2) is 93.3 Å². The first-order valence-electron chi connectivity index (χ1n) is 21.2. The molecule has 14 heteroatoms. The van der Waals surface area contributed by atoms with Crippen LogP contribution in [0.5, 0.6) is 5.75 Å². The summed E-state index contributed by atoms with van der Waals surface area (Å²) in [5, 5.41) is 1.55. The fraction of sp³-hybridized carbons (Fsp3) is 0.565. The highest BCUT2D eigenvalue weighted by Gasteiger charge is 2.44. The van der Waals surface area contributed by atoms with Crippen molar-refractivity contribution in [1.82, 2.24) is 19.7 Å². The van der Waals surface area contributed by atoms with Crippen molar-refractivity contribution in [2.75, 3.05) is 31.1 Å². The van der Waals surface area contributed by atoms with E-state index in [0.29, 0.717) is 53.4 Å². The zero-order valence-electron chi connectivity index (χ0n) is 35.8. The number of hydrogen-bond donors (Lipinski definition) is 0. The summed E-state index contributed by atoms with van der Waals surface area (Å²) in [5.41, 5.74) is 2.38. The van der Waals surface area contributed by atoms with Gasteiger partial charge in [-0.05, 0) is 127 Å². The van der Waals surface area contributed by atoms with E-state index in [0.717, 1.165) is 66.7 Å². The average molecular weight is 883 g/mol. The number of amides is 3. The highest BCUT2D eigenvalue weighted by Crippen LogP contribution is 2.40. The summed E-state index contributed by atoms with van der Waals surface area (Å²) in [6.07, 6.45) is 6.05. The minimum atomic E-state index is -0.675. The van der Waals surface area contributed by atoms with Crippen molar-refractivity contribution in [1.29, 1.82) is 0 Å². The Kier molecular flexibility index (Phi) is 13.1. The Balaban J connectivity index is 1.09. The van der Waals surface area contributed by atoms with Gasteiger partial charge in [0.25, 0.3) is 0 Å². The molecule has 2 aliphatic carbocycles. The Morgan fingerprint density at radius 3 is 2.05 bits per heavy atom. The van der Waals surface area contributed by atoms with Crippen LogP contribution in [0.3, 0.4) is 0 Å². The number of ether oxygens (including phenoxy) is 3. The summed E-state index contributed by atoms with van der Waals surface area (Å²) in [7, 11) is 0. The van der Waals surface area contributed by atoms with Crippen LogP contribution in [0.4, 0.5) is 15.4 Å². The summed E-state index contributed by atoms with van der Waals surface area (Å²) < 4.78 is 17.8. The number of halogens is 3. The molecule has 1 aromatic heterocycles. The fourth-order valence-corrected chi connectivity index (χ4v) is 9.02. The normalized spacial score (nSPS) is 20.8. The van der Waals surface area contributed by atoms with Crippen molar-refractivity contribution in [3.8, 4) is 5.75 Å². The lowest BCUT2D eigenvalue weighted by Crippen LogP contribution is -2.51. The maximum absolute atomic E-state index is 15.0. The molecule has 0 N–H and O–H groups in total. The minimum absolute atomic E-state index is 0.0253. The molecule has 324 valence electrons. The number of rotatable bonds is 11. The molecule has 4 aliphatic rings. The molecule has 11 nitrogen and oxygen atoms in total. The van der Waals surface area contributed by atoms with Crippen LogP contribution in [0.2, 0.25) is 15.1 Å². The zero-order valence-corrected chi connectivity index (χ0v) is 38.1. The molecule has 7 rings (SSSR count). The van der Waals surface area contributed by atoms with Gasteiger partial charge in [0.2, 0.25) is 5.91 Å². The van der Waals surface area contributed by atoms with Crippen molar-refractivity contribution in [3.05, 3.63) is 86.0 Å². The van der Waals surface area contributed by atoms with E-state index in [-0.39, 0.29) is 42.7 Å². The Labute approximate surface area is 369 Å². The number of carbonyl (C=O) groups excluding carboxylic acids is 3. The van der Waals surface area contributed by atoms with Crippen LogP contribution in [-0.2, 0) is 27.4 Å². The Bertz CT molecular complexity index is 2040. The predicted molar refractivity (Wildman–Crippen MR) is 235 cm³/mol. The van der Waals surface area contributed by atoms with E-state index in [2.05, 4.69) is 11.0 Å². The van der Waals surface area contributed by atoms with Crippen molar-refractivity contribution < 1.29 is 28.6 Å². The molecule has 0 radical (unpaired) electrons. The first-order valence-corrected chi connectivity index (χ1v) is 22.3.